The largest absolute Gasteiger partial charge is 0.493 e. The Bertz CT molecular complexity index is 1020. The Balaban J connectivity index is 1.75. The molecule has 1 aromatic carbocycles. The van der Waals surface area contributed by atoms with Gasteiger partial charge in [-0.05, 0) is 47.7 Å². The van der Waals surface area contributed by atoms with Gasteiger partial charge in [-0.2, -0.15) is 0 Å². The monoisotopic (exact) mass is 454 g/mol. The van der Waals surface area contributed by atoms with E-state index in [2.05, 4.69) is 24.3 Å². The minimum Gasteiger partial charge on any atom is -0.493 e. The van der Waals surface area contributed by atoms with E-state index in [1.165, 1.54) is 7.11 Å². The van der Waals surface area contributed by atoms with Gasteiger partial charge in [0.15, 0.2) is 11.5 Å². The number of methoxy groups -OCH3 is 1. The molecule has 4 N–H and O–H groups in total. The summed E-state index contributed by atoms with van der Waals surface area (Å²) in [6, 6.07) is 18.1. The van der Waals surface area contributed by atoms with E-state index in [0.717, 1.165) is 22.3 Å². The van der Waals surface area contributed by atoms with E-state index in [1.807, 2.05) is 37.3 Å². The Kier molecular flexibility index (Phi) is 7.17. The Hall–Kier alpha value is -2.68. The van der Waals surface area contributed by atoms with Crippen LogP contribution in [0.5, 0.6) is 11.5 Å². The van der Waals surface area contributed by atoms with Gasteiger partial charge in [-0.25, -0.2) is 0 Å². The minimum absolute atomic E-state index is 0.353. The lowest BCUT2D eigenvalue weighted by Gasteiger charge is -2.40. The number of hydrogen-bond donors (Lipinski definition) is 4. The van der Waals surface area contributed by atoms with Gasteiger partial charge in [0, 0.05) is 5.56 Å². The molecule has 1 heterocycles. The highest BCUT2D eigenvalue weighted by atomic mass is 16.5. The molecule has 0 spiro atoms. The first kappa shape index (κ1) is 23.5. The summed E-state index contributed by atoms with van der Waals surface area (Å²) >= 11 is 0. The van der Waals surface area contributed by atoms with Gasteiger partial charge in [0.05, 0.1) is 20.3 Å². The predicted molar refractivity (Wildman–Crippen MR) is 123 cm³/mol. The molecule has 0 radical (unpaired) electrons. The first-order valence-corrected chi connectivity index (χ1v) is 11.1. The third-order valence-corrected chi connectivity index (χ3v) is 6.05. The number of aliphatic hydroxyl groups excluding tert-OH is 4. The van der Waals surface area contributed by atoms with Gasteiger partial charge in [0.2, 0.25) is 0 Å². The molecular formula is C26H30O7. The van der Waals surface area contributed by atoms with Gasteiger partial charge >= 0.3 is 0 Å². The lowest BCUT2D eigenvalue weighted by molar-refractivity contribution is -0.232. The molecule has 1 aliphatic heterocycles. The summed E-state index contributed by atoms with van der Waals surface area (Å²) in [5.74, 6) is 0.872. The van der Waals surface area contributed by atoms with E-state index in [1.54, 1.807) is 0 Å². The number of fused-ring (bicyclic) bond motifs is 1. The molecule has 1 saturated heterocycles. The van der Waals surface area contributed by atoms with Gasteiger partial charge in [0.1, 0.15) is 30.5 Å². The summed E-state index contributed by atoms with van der Waals surface area (Å²) in [4.78, 5) is 0. The molecule has 176 valence electrons. The average Bonchev–Trinajstić information content (AvgIpc) is 3.06. The van der Waals surface area contributed by atoms with Gasteiger partial charge < -0.3 is 34.6 Å². The molecule has 5 atom stereocenters. The summed E-state index contributed by atoms with van der Waals surface area (Å²) in [5, 5.41) is 40.8. The zero-order valence-electron chi connectivity index (χ0n) is 18.7. The highest BCUT2D eigenvalue weighted by Crippen LogP contribution is 2.43. The van der Waals surface area contributed by atoms with Crippen LogP contribution in [0.1, 0.15) is 29.7 Å². The SMILES string of the molecule is CCOc1c(OC)cc(Cc2cc3cccccc-3c2)cc1[C@@H]1O[C@H](CO)[C@@H](O)[C@H](O)[C@H]1O. The van der Waals surface area contributed by atoms with Crippen molar-refractivity contribution in [3.63, 3.8) is 0 Å². The van der Waals surface area contributed by atoms with Gasteiger partial charge in [-0.1, -0.05) is 42.5 Å². The van der Waals surface area contributed by atoms with E-state index in [0.29, 0.717) is 30.1 Å². The number of aliphatic hydroxyl groups is 4. The molecule has 33 heavy (non-hydrogen) atoms. The van der Waals surface area contributed by atoms with E-state index in [9.17, 15) is 20.4 Å². The summed E-state index contributed by atoms with van der Waals surface area (Å²) < 4.78 is 17.2. The highest BCUT2D eigenvalue weighted by Gasteiger charge is 2.45. The molecule has 0 amide bonds. The smallest absolute Gasteiger partial charge is 0.167 e. The van der Waals surface area contributed by atoms with Crippen molar-refractivity contribution in [3.05, 3.63) is 71.3 Å². The van der Waals surface area contributed by atoms with Crippen LogP contribution in [0.3, 0.4) is 0 Å². The molecule has 3 aliphatic rings. The Morgan fingerprint density at radius 2 is 1.55 bits per heavy atom. The lowest BCUT2D eigenvalue weighted by atomic mass is 9.89. The molecular weight excluding hydrogens is 424 g/mol. The molecule has 7 nitrogen and oxygen atoms in total. The Morgan fingerprint density at radius 1 is 0.879 bits per heavy atom. The van der Waals surface area contributed by atoms with Crippen molar-refractivity contribution in [2.45, 2.75) is 43.9 Å². The number of ether oxygens (including phenoxy) is 3. The van der Waals surface area contributed by atoms with Crippen LogP contribution < -0.4 is 9.47 Å². The number of rotatable bonds is 7. The topological polar surface area (TPSA) is 109 Å². The van der Waals surface area contributed by atoms with Crippen molar-refractivity contribution in [1.29, 1.82) is 0 Å². The van der Waals surface area contributed by atoms with Crippen LogP contribution >= 0.6 is 0 Å². The van der Waals surface area contributed by atoms with Crippen LogP contribution in [-0.4, -0.2) is 65.2 Å². The Morgan fingerprint density at radius 3 is 2.15 bits per heavy atom. The highest BCUT2D eigenvalue weighted by molar-refractivity contribution is 5.68. The van der Waals surface area contributed by atoms with E-state index in [4.69, 9.17) is 14.2 Å². The van der Waals surface area contributed by atoms with Crippen LogP contribution in [-0.2, 0) is 11.2 Å². The van der Waals surface area contributed by atoms with Crippen LogP contribution in [0.2, 0.25) is 0 Å². The van der Waals surface area contributed by atoms with Gasteiger partial charge in [-0.15, -0.1) is 0 Å². The third-order valence-electron chi connectivity index (χ3n) is 6.05. The van der Waals surface area contributed by atoms with Gasteiger partial charge in [0.25, 0.3) is 0 Å². The second-order valence-corrected chi connectivity index (χ2v) is 8.26. The number of benzene rings is 1. The van der Waals surface area contributed by atoms with Crippen molar-refractivity contribution in [2.24, 2.45) is 0 Å². The van der Waals surface area contributed by atoms with Crippen LogP contribution in [0.15, 0.2) is 54.6 Å². The van der Waals surface area contributed by atoms with E-state index >= 15 is 0 Å². The molecule has 0 aromatic heterocycles. The molecule has 0 saturated carbocycles. The summed E-state index contributed by atoms with van der Waals surface area (Å²) in [5.41, 5.74) is 4.79. The molecule has 1 fully saturated rings. The normalized spacial score (nSPS) is 25.2. The average molecular weight is 455 g/mol. The zero-order chi connectivity index (χ0) is 23.5. The molecule has 1 aromatic rings. The first-order valence-electron chi connectivity index (χ1n) is 11.1. The fourth-order valence-electron chi connectivity index (χ4n) is 4.42. The van der Waals surface area contributed by atoms with Crippen molar-refractivity contribution >= 4 is 0 Å². The third kappa shape index (κ3) is 4.69. The van der Waals surface area contributed by atoms with Crippen molar-refractivity contribution < 1.29 is 34.6 Å². The molecule has 7 heteroatoms. The molecule has 0 unspecified atom stereocenters. The van der Waals surface area contributed by atoms with E-state index in [-0.39, 0.29) is 0 Å². The van der Waals surface area contributed by atoms with Crippen LogP contribution in [0, 0.1) is 0 Å². The number of hydrogen-bond acceptors (Lipinski definition) is 7. The fraction of sp³-hybridized carbons (Fsp3) is 0.385. The molecule has 2 aliphatic carbocycles. The molecule has 4 rings (SSSR count). The lowest BCUT2D eigenvalue weighted by Crippen LogP contribution is -2.55. The second kappa shape index (κ2) is 10.1. The maximum Gasteiger partial charge on any atom is 0.167 e. The zero-order valence-corrected chi connectivity index (χ0v) is 18.7. The first-order chi connectivity index (χ1) is 16.0. The van der Waals surface area contributed by atoms with Crippen molar-refractivity contribution in [1.82, 2.24) is 0 Å². The fourth-order valence-corrected chi connectivity index (χ4v) is 4.42. The van der Waals surface area contributed by atoms with Crippen molar-refractivity contribution in [3.8, 4) is 22.6 Å². The maximum atomic E-state index is 10.7. The summed E-state index contributed by atoms with van der Waals surface area (Å²) in [6.07, 6.45) is -5.76. The quantitative estimate of drug-likeness (QED) is 0.434. The standard InChI is InChI=1S/C26H30O7/c1-3-32-25-19(26-24(30)23(29)22(28)21(14-27)33-26)12-16(13-20(25)31-2)9-15-10-17-7-5-4-6-8-18(17)11-15/h4-8,10-13,21-24,26-30H,3,9,14H2,1-2H3/t21-,22-,23+,24-,26+/m1/s1. The molecule has 0 bridgehead atoms. The van der Waals surface area contributed by atoms with E-state index < -0.39 is 37.1 Å². The Labute approximate surface area is 193 Å². The second-order valence-electron chi connectivity index (χ2n) is 8.26. The van der Waals surface area contributed by atoms with Crippen LogP contribution in [0.4, 0.5) is 0 Å². The summed E-state index contributed by atoms with van der Waals surface area (Å²) in [6.45, 7) is 1.69. The minimum atomic E-state index is -1.48. The van der Waals surface area contributed by atoms with Crippen molar-refractivity contribution in [2.75, 3.05) is 20.3 Å². The predicted octanol–water partition coefficient (Wildman–Crippen LogP) is 2.30. The van der Waals surface area contributed by atoms with Gasteiger partial charge in [-0.3, -0.25) is 0 Å². The van der Waals surface area contributed by atoms with Crippen LogP contribution in [0.25, 0.3) is 11.1 Å². The maximum absolute atomic E-state index is 10.7. The summed E-state index contributed by atoms with van der Waals surface area (Å²) in [7, 11) is 1.54.